The Balaban J connectivity index is 3.21. The monoisotopic (exact) mass is 268 g/mol. The lowest BCUT2D eigenvalue weighted by molar-refractivity contribution is 0.207. The van der Waals surface area contributed by atoms with Gasteiger partial charge in [0, 0.05) is 0 Å². The van der Waals surface area contributed by atoms with Gasteiger partial charge in [0.05, 0.1) is 6.10 Å². The highest BCUT2D eigenvalue weighted by atomic mass is 16.3. The highest BCUT2D eigenvalue weighted by molar-refractivity contribution is 4.88. The summed E-state index contributed by atoms with van der Waals surface area (Å²) in [6, 6.07) is 0. The molecule has 114 valence electrons. The summed E-state index contributed by atoms with van der Waals surface area (Å²) in [5.41, 5.74) is 0. The third kappa shape index (κ3) is 15.6. The number of hydrogen-bond acceptors (Lipinski definition) is 1. The van der Waals surface area contributed by atoms with Gasteiger partial charge in [0.2, 0.25) is 0 Å². The van der Waals surface area contributed by atoms with Gasteiger partial charge in [-0.2, -0.15) is 0 Å². The van der Waals surface area contributed by atoms with Crippen LogP contribution in [0, 0.1) is 0 Å². The van der Waals surface area contributed by atoms with Gasteiger partial charge in [-0.25, -0.2) is 0 Å². The van der Waals surface area contributed by atoms with E-state index in [0.29, 0.717) is 0 Å². The van der Waals surface area contributed by atoms with Crippen LogP contribution < -0.4 is 0 Å². The van der Waals surface area contributed by atoms with Gasteiger partial charge >= 0.3 is 0 Å². The highest BCUT2D eigenvalue weighted by Crippen LogP contribution is 2.11. The summed E-state index contributed by atoms with van der Waals surface area (Å²) < 4.78 is 0. The van der Waals surface area contributed by atoms with Gasteiger partial charge in [-0.3, -0.25) is 0 Å². The molecule has 0 saturated carbocycles. The first-order valence-corrected chi connectivity index (χ1v) is 8.66. The molecular weight excluding hydrogens is 232 g/mol. The minimum Gasteiger partial charge on any atom is -0.389 e. The predicted molar refractivity (Wildman–Crippen MR) is 86.5 cm³/mol. The summed E-state index contributed by atoms with van der Waals surface area (Å²) in [7, 11) is 0. The Bertz CT molecular complexity index is 186. The second-order valence-corrected chi connectivity index (χ2v) is 5.75. The van der Waals surface area contributed by atoms with Crippen LogP contribution in [0.25, 0.3) is 0 Å². The maximum atomic E-state index is 9.79. The van der Waals surface area contributed by atoms with Crippen molar-refractivity contribution in [1.29, 1.82) is 0 Å². The Kier molecular flexibility index (Phi) is 15.5. The van der Waals surface area contributed by atoms with E-state index < -0.39 is 0 Å². The van der Waals surface area contributed by atoms with Crippen molar-refractivity contribution in [1.82, 2.24) is 0 Å². The van der Waals surface area contributed by atoms with Crippen molar-refractivity contribution in [2.75, 3.05) is 0 Å². The molecule has 1 heteroatoms. The van der Waals surface area contributed by atoms with E-state index in [1.165, 1.54) is 70.6 Å². The summed E-state index contributed by atoms with van der Waals surface area (Å²) in [5, 5.41) is 9.79. The molecule has 1 unspecified atom stereocenters. The summed E-state index contributed by atoms with van der Waals surface area (Å²) in [6.45, 7) is 4.48. The Morgan fingerprint density at radius 2 is 1.26 bits per heavy atom. The van der Waals surface area contributed by atoms with Crippen LogP contribution in [0.15, 0.2) is 12.2 Å². The van der Waals surface area contributed by atoms with Crippen molar-refractivity contribution >= 4 is 0 Å². The Hall–Kier alpha value is -0.300. The minimum absolute atomic E-state index is 0.207. The van der Waals surface area contributed by atoms with Crippen molar-refractivity contribution < 1.29 is 5.11 Å². The molecule has 0 radical (unpaired) electrons. The standard InChI is InChI=1S/C18H36O/c1-3-5-7-9-10-11-13-15-17-18(19)16-14-12-8-6-4-2/h14,16,18-19H,3-13,15,17H2,1-2H3. The molecule has 1 atom stereocenters. The van der Waals surface area contributed by atoms with Crippen LogP contribution >= 0.6 is 0 Å². The summed E-state index contributed by atoms with van der Waals surface area (Å²) >= 11 is 0. The van der Waals surface area contributed by atoms with E-state index >= 15 is 0 Å². The first-order chi connectivity index (χ1) is 9.31. The van der Waals surface area contributed by atoms with Crippen LogP contribution in [-0.4, -0.2) is 11.2 Å². The van der Waals surface area contributed by atoms with E-state index in [1.807, 2.05) is 6.08 Å². The molecule has 0 spiro atoms. The fourth-order valence-corrected chi connectivity index (χ4v) is 2.35. The molecule has 0 aromatic carbocycles. The maximum Gasteiger partial charge on any atom is 0.0720 e. The average molecular weight is 268 g/mol. The van der Waals surface area contributed by atoms with Gasteiger partial charge < -0.3 is 5.11 Å². The highest BCUT2D eigenvalue weighted by Gasteiger charge is 1.98. The third-order valence-electron chi connectivity index (χ3n) is 3.69. The number of rotatable bonds is 14. The molecular formula is C18H36O. The molecule has 0 aromatic rings. The van der Waals surface area contributed by atoms with Crippen LogP contribution in [0.3, 0.4) is 0 Å². The van der Waals surface area contributed by atoms with Gasteiger partial charge in [-0.15, -0.1) is 0 Å². The molecule has 19 heavy (non-hydrogen) atoms. The molecule has 0 fully saturated rings. The van der Waals surface area contributed by atoms with Crippen molar-refractivity contribution in [2.24, 2.45) is 0 Å². The fraction of sp³-hybridized carbons (Fsp3) is 0.889. The predicted octanol–water partition coefficient (Wildman–Crippen LogP) is 6.01. The lowest BCUT2D eigenvalue weighted by Crippen LogP contribution is -2.01. The van der Waals surface area contributed by atoms with Crippen molar-refractivity contribution in [3.8, 4) is 0 Å². The van der Waals surface area contributed by atoms with E-state index in [4.69, 9.17) is 0 Å². The topological polar surface area (TPSA) is 20.2 Å². The van der Waals surface area contributed by atoms with Crippen LogP contribution in [0.2, 0.25) is 0 Å². The van der Waals surface area contributed by atoms with Crippen LogP contribution in [0.1, 0.15) is 97.3 Å². The molecule has 0 saturated heterocycles. The minimum atomic E-state index is -0.207. The normalized spacial score (nSPS) is 13.2. The van der Waals surface area contributed by atoms with E-state index in [1.54, 1.807) is 0 Å². The zero-order valence-corrected chi connectivity index (χ0v) is 13.4. The summed E-state index contributed by atoms with van der Waals surface area (Å²) in [5.74, 6) is 0. The Labute approximate surface area is 121 Å². The second-order valence-electron chi connectivity index (χ2n) is 5.75. The van der Waals surface area contributed by atoms with E-state index in [9.17, 15) is 5.11 Å². The molecule has 1 N–H and O–H groups in total. The first kappa shape index (κ1) is 18.7. The first-order valence-electron chi connectivity index (χ1n) is 8.66. The van der Waals surface area contributed by atoms with E-state index in [2.05, 4.69) is 19.9 Å². The zero-order chi connectivity index (χ0) is 14.2. The summed E-state index contributed by atoms with van der Waals surface area (Å²) in [4.78, 5) is 0. The zero-order valence-electron chi connectivity index (χ0n) is 13.4. The van der Waals surface area contributed by atoms with Crippen molar-refractivity contribution in [3.63, 3.8) is 0 Å². The maximum absolute atomic E-state index is 9.79. The molecule has 0 aliphatic heterocycles. The number of aliphatic hydroxyl groups excluding tert-OH is 1. The van der Waals surface area contributed by atoms with Gasteiger partial charge in [-0.1, -0.05) is 90.2 Å². The van der Waals surface area contributed by atoms with Crippen LogP contribution in [0.5, 0.6) is 0 Å². The largest absolute Gasteiger partial charge is 0.389 e. The molecule has 0 bridgehead atoms. The van der Waals surface area contributed by atoms with Crippen molar-refractivity contribution in [2.45, 2.75) is 103 Å². The van der Waals surface area contributed by atoms with Crippen molar-refractivity contribution in [3.05, 3.63) is 12.2 Å². The number of hydrogen-bond donors (Lipinski definition) is 1. The smallest absolute Gasteiger partial charge is 0.0720 e. The number of aliphatic hydroxyl groups is 1. The number of allylic oxidation sites excluding steroid dienone is 1. The fourth-order valence-electron chi connectivity index (χ4n) is 2.35. The Morgan fingerprint density at radius 1 is 0.737 bits per heavy atom. The Morgan fingerprint density at radius 3 is 1.89 bits per heavy atom. The molecule has 0 amide bonds. The van der Waals surface area contributed by atoms with Gasteiger partial charge in [0.1, 0.15) is 0 Å². The molecule has 0 aromatic heterocycles. The van der Waals surface area contributed by atoms with Gasteiger partial charge in [-0.05, 0) is 19.3 Å². The average Bonchev–Trinajstić information content (AvgIpc) is 2.41. The lowest BCUT2D eigenvalue weighted by Gasteiger charge is -2.05. The SMILES string of the molecule is CCCCCC=CC(O)CCCCCCCCCC. The number of unbranched alkanes of at least 4 members (excludes halogenated alkanes) is 10. The molecule has 0 aliphatic rings. The molecule has 0 aliphatic carbocycles. The van der Waals surface area contributed by atoms with E-state index in [0.717, 1.165) is 12.8 Å². The van der Waals surface area contributed by atoms with Crippen LogP contribution in [0.4, 0.5) is 0 Å². The van der Waals surface area contributed by atoms with Crippen LogP contribution in [-0.2, 0) is 0 Å². The summed E-state index contributed by atoms with van der Waals surface area (Å²) in [6.07, 6.45) is 20.6. The quantitative estimate of drug-likeness (QED) is 0.302. The van der Waals surface area contributed by atoms with Gasteiger partial charge in [0.15, 0.2) is 0 Å². The van der Waals surface area contributed by atoms with Gasteiger partial charge in [0.25, 0.3) is 0 Å². The molecule has 1 nitrogen and oxygen atoms in total. The second kappa shape index (κ2) is 15.8. The lowest BCUT2D eigenvalue weighted by atomic mass is 10.1. The third-order valence-corrected chi connectivity index (χ3v) is 3.69. The van der Waals surface area contributed by atoms with E-state index in [-0.39, 0.29) is 6.10 Å². The molecule has 0 rings (SSSR count). The molecule has 0 heterocycles.